The van der Waals surface area contributed by atoms with E-state index in [-0.39, 0.29) is 12.7 Å². The summed E-state index contributed by atoms with van der Waals surface area (Å²) in [6.45, 7) is 4.09. The van der Waals surface area contributed by atoms with Gasteiger partial charge in [0.25, 0.3) is 0 Å². The van der Waals surface area contributed by atoms with Gasteiger partial charge in [0, 0.05) is 5.56 Å². The van der Waals surface area contributed by atoms with E-state index in [1.54, 1.807) is 32.4 Å². The molecule has 0 aliphatic carbocycles. The molecule has 1 aromatic carbocycles. The average molecular weight is 240 g/mol. The maximum atomic E-state index is 10.0. The van der Waals surface area contributed by atoms with Crippen molar-refractivity contribution >= 4 is 0 Å². The fraction of sp³-hybridized carbons (Fsp3) is 0.538. The fourth-order valence-corrected chi connectivity index (χ4v) is 1.47. The van der Waals surface area contributed by atoms with Gasteiger partial charge in [0.05, 0.1) is 26.9 Å². The molecule has 0 saturated heterocycles. The lowest BCUT2D eigenvalue weighted by Crippen LogP contribution is -2.12. The van der Waals surface area contributed by atoms with Crippen LogP contribution in [0.3, 0.4) is 0 Å². The molecule has 1 N–H and O–H groups in total. The van der Waals surface area contributed by atoms with Crippen LogP contribution >= 0.6 is 0 Å². The number of ether oxygens (including phenoxy) is 3. The number of aliphatic hydroxyl groups excluding tert-OH is 1. The number of methoxy groups -OCH3 is 2. The van der Waals surface area contributed by atoms with Crippen LogP contribution in [0.15, 0.2) is 18.2 Å². The van der Waals surface area contributed by atoms with Crippen LogP contribution < -0.4 is 9.47 Å². The predicted molar refractivity (Wildman–Crippen MR) is 65.6 cm³/mol. The summed E-state index contributed by atoms with van der Waals surface area (Å²) >= 11 is 0. The molecule has 0 aliphatic rings. The Balaban J connectivity index is 2.85. The van der Waals surface area contributed by atoms with Crippen LogP contribution in [-0.4, -0.2) is 32.0 Å². The van der Waals surface area contributed by atoms with E-state index < -0.39 is 6.10 Å². The van der Waals surface area contributed by atoms with Crippen LogP contribution in [0.4, 0.5) is 0 Å². The highest BCUT2D eigenvalue weighted by Gasteiger charge is 2.15. The van der Waals surface area contributed by atoms with E-state index in [1.165, 1.54) is 0 Å². The molecule has 0 saturated carbocycles. The van der Waals surface area contributed by atoms with Gasteiger partial charge in [-0.05, 0) is 32.0 Å². The second-order valence-electron chi connectivity index (χ2n) is 4.01. The van der Waals surface area contributed by atoms with Crippen molar-refractivity contribution in [2.24, 2.45) is 0 Å². The van der Waals surface area contributed by atoms with E-state index in [1.807, 2.05) is 13.8 Å². The average Bonchev–Trinajstić information content (AvgIpc) is 2.34. The van der Waals surface area contributed by atoms with Crippen LogP contribution in [0.5, 0.6) is 11.5 Å². The van der Waals surface area contributed by atoms with Crippen molar-refractivity contribution in [3.63, 3.8) is 0 Å². The third-order valence-corrected chi connectivity index (χ3v) is 2.38. The molecular weight excluding hydrogens is 220 g/mol. The monoisotopic (exact) mass is 240 g/mol. The summed E-state index contributed by atoms with van der Waals surface area (Å²) < 4.78 is 15.7. The largest absolute Gasteiger partial charge is 0.497 e. The first-order chi connectivity index (χ1) is 8.08. The van der Waals surface area contributed by atoms with Gasteiger partial charge >= 0.3 is 0 Å². The molecule has 1 unspecified atom stereocenters. The fourth-order valence-electron chi connectivity index (χ4n) is 1.47. The standard InChI is InChI=1S/C13H20O4/c1-9(2)17-8-12(14)11-7-10(15-3)5-6-13(11)16-4/h5-7,9,12,14H,8H2,1-4H3. The molecule has 0 bridgehead atoms. The summed E-state index contributed by atoms with van der Waals surface area (Å²) in [7, 11) is 3.16. The van der Waals surface area contributed by atoms with Gasteiger partial charge in [-0.15, -0.1) is 0 Å². The van der Waals surface area contributed by atoms with E-state index in [4.69, 9.17) is 14.2 Å². The second kappa shape index (κ2) is 6.47. The first-order valence-corrected chi connectivity index (χ1v) is 5.60. The highest BCUT2D eigenvalue weighted by Crippen LogP contribution is 2.29. The Labute approximate surface area is 102 Å². The van der Waals surface area contributed by atoms with Crippen LogP contribution in [0.2, 0.25) is 0 Å². The van der Waals surface area contributed by atoms with E-state index in [0.717, 1.165) is 0 Å². The third-order valence-electron chi connectivity index (χ3n) is 2.38. The molecule has 4 heteroatoms. The Bertz CT molecular complexity index is 349. The molecule has 0 spiro atoms. The molecule has 0 heterocycles. The van der Waals surface area contributed by atoms with E-state index >= 15 is 0 Å². The summed E-state index contributed by atoms with van der Waals surface area (Å²) in [5.74, 6) is 1.31. The number of aliphatic hydroxyl groups is 1. The van der Waals surface area contributed by atoms with Crippen molar-refractivity contribution < 1.29 is 19.3 Å². The maximum absolute atomic E-state index is 10.0. The van der Waals surface area contributed by atoms with Crippen molar-refractivity contribution in [3.05, 3.63) is 23.8 Å². The lowest BCUT2D eigenvalue weighted by Gasteiger charge is -2.17. The maximum Gasteiger partial charge on any atom is 0.125 e. The summed E-state index contributed by atoms with van der Waals surface area (Å²) in [5.41, 5.74) is 0.674. The van der Waals surface area contributed by atoms with Gasteiger partial charge in [0.15, 0.2) is 0 Å². The number of benzene rings is 1. The molecule has 0 fully saturated rings. The zero-order valence-corrected chi connectivity index (χ0v) is 10.8. The minimum absolute atomic E-state index is 0.0845. The number of rotatable bonds is 6. The molecule has 0 aromatic heterocycles. The van der Waals surface area contributed by atoms with E-state index in [2.05, 4.69) is 0 Å². The molecule has 0 radical (unpaired) electrons. The SMILES string of the molecule is COc1ccc(OC)c(C(O)COC(C)C)c1. The Hall–Kier alpha value is -1.26. The quantitative estimate of drug-likeness (QED) is 0.827. The van der Waals surface area contributed by atoms with Crippen molar-refractivity contribution in [2.45, 2.75) is 26.1 Å². The summed E-state index contributed by atoms with van der Waals surface area (Å²) in [6.07, 6.45) is -0.635. The Morgan fingerprint density at radius 1 is 1.18 bits per heavy atom. The topological polar surface area (TPSA) is 47.9 Å². The molecule has 4 nitrogen and oxygen atoms in total. The molecule has 1 atom stereocenters. The van der Waals surface area contributed by atoms with E-state index in [0.29, 0.717) is 17.1 Å². The molecular formula is C13H20O4. The first kappa shape index (κ1) is 13.8. The van der Waals surface area contributed by atoms with Crippen molar-refractivity contribution in [3.8, 4) is 11.5 Å². The summed E-state index contributed by atoms with van der Waals surface area (Å²) in [6, 6.07) is 5.32. The van der Waals surface area contributed by atoms with Gasteiger partial charge in [-0.2, -0.15) is 0 Å². The van der Waals surface area contributed by atoms with Crippen LogP contribution in [0.25, 0.3) is 0 Å². The van der Waals surface area contributed by atoms with Gasteiger partial charge in [0.2, 0.25) is 0 Å². The van der Waals surface area contributed by atoms with Crippen molar-refractivity contribution in [2.75, 3.05) is 20.8 Å². The predicted octanol–water partition coefficient (Wildman–Crippen LogP) is 2.16. The zero-order valence-electron chi connectivity index (χ0n) is 10.8. The molecule has 1 rings (SSSR count). The Morgan fingerprint density at radius 3 is 2.41 bits per heavy atom. The van der Waals surface area contributed by atoms with Crippen molar-refractivity contribution in [1.29, 1.82) is 0 Å². The molecule has 17 heavy (non-hydrogen) atoms. The third kappa shape index (κ3) is 3.91. The summed E-state index contributed by atoms with van der Waals surface area (Å²) in [5, 5.41) is 10.0. The molecule has 0 aliphatic heterocycles. The first-order valence-electron chi connectivity index (χ1n) is 5.60. The van der Waals surface area contributed by atoms with Crippen LogP contribution in [-0.2, 0) is 4.74 Å². The molecule has 0 amide bonds. The minimum Gasteiger partial charge on any atom is -0.497 e. The van der Waals surface area contributed by atoms with Gasteiger partial charge in [-0.3, -0.25) is 0 Å². The van der Waals surface area contributed by atoms with Crippen molar-refractivity contribution in [1.82, 2.24) is 0 Å². The lowest BCUT2D eigenvalue weighted by molar-refractivity contribution is 0.00402. The normalized spacial score (nSPS) is 12.6. The van der Waals surface area contributed by atoms with Gasteiger partial charge < -0.3 is 19.3 Å². The number of hydrogen-bond donors (Lipinski definition) is 1. The zero-order chi connectivity index (χ0) is 12.8. The smallest absolute Gasteiger partial charge is 0.125 e. The second-order valence-corrected chi connectivity index (χ2v) is 4.01. The Morgan fingerprint density at radius 2 is 1.88 bits per heavy atom. The lowest BCUT2D eigenvalue weighted by atomic mass is 10.1. The van der Waals surface area contributed by atoms with Crippen LogP contribution in [0, 0.1) is 0 Å². The minimum atomic E-state index is -0.720. The highest BCUT2D eigenvalue weighted by atomic mass is 16.5. The molecule has 1 aromatic rings. The number of hydrogen-bond acceptors (Lipinski definition) is 4. The summed E-state index contributed by atoms with van der Waals surface area (Å²) in [4.78, 5) is 0. The molecule has 96 valence electrons. The van der Waals surface area contributed by atoms with Gasteiger partial charge in [-0.1, -0.05) is 0 Å². The van der Waals surface area contributed by atoms with Gasteiger partial charge in [0.1, 0.15) is 17.6 Å². The van der Waals surface area contributed by atoms with Gasteiger partial charge in [-0.25, -0.2) is 0 Å². The Kier molecular flexibility index (Phi) is 5.25. The highest BCUT2D eigenvalue weighted by molar-refractivity contribution is 5.41. The van der Waals surface area contributed by atoms with Crippen LogP contribution in [0.1, 0.15) is 25.5 Å². The van der Waals surface area contributed by atoms with E-state index in [9.17, 15) is 5.11 Å².